The molecule has 0 atom stereocenters. The molecule has 0 spiro atoms. The van der Waals surface area contributed by atoms with Gasteiger partial charge in [-0.1, -0.05) is 45.0 Å². The molecule has 0 unspecified atom stereocenters. The number of rotatable bonds is 2. The summed E-state index contributed by atoms with van der Waals surface area (Å²) < 4.78 is 5.33. The third-order valence-corrected chi connectivity index (χ3v) is 3.05. The molecule has 0 aromatic heterocycles. The van der Waals surface area contributed by atoms with Crippen molar-refractivity contribution in [1.29, 1.82) is 0 Å². The van der Waals surface area contributed by atoms with Crippen LogP contribution in [0, 0.1) is 0 Å². The topological polar surface area (TPSA) is 12.5 Å². The van der Waals surface area contributed by atoms with Gasteiger partial charge in [0.1, 0.15) is 0 Å². The molecular formula is C14H21NO. The molecule has 0 N–H and O–H groups in total. The molecule has 16 heavy (non-hydrogen) atoms. The SMILES string of the molecule is CC(C)(C)c1ccc(CN2CCOC2)cc1. The monoisotopic (exact) mass is 219 g/mol. The summed E-state index contributed by atoms with van der Waals surface area (Å²) in [7, 11) is 0. The van der Waals surface area contributed by atoms with E-state index in [1.54, 1.807) is 0 Å². The molecule has 1 fully saturated rings. The molecule has 0 amide bonds. The molecule has 1 heterocycles. The van der Waals surface area contributed by atoms with E-state index in [-0.39, 0.29) is 5.41 Å². The normalized spacial score (nSPS) is 17.9. The summed E-state index contributed by atoms with van der Waals surface area (Å²) in [5.74, 6) is 0. The standard InChI is InChI=1S/C14H21NO/c1-14(2,3)13-6-4-12(5-7-13)10-15-8-9-16-11-15/h4-7H,8-11H2,1-3H3. The Balaban J connectivity index is 2.01. The zero-order valence-electron chi connectivity index (χ0n) is 10.5. The van der Waals surface area contributed by atoms with Crippen LogP contribution in [0.4, 0.5) is 0 Å². The van der Waals surface area contributed by atoms with Crippen molar-refractivity contribution in [3.05, 3.63) is 35.4 Å². The maximum absolute atomic E-state index is 5.33. The summed E-state index contributed by atoms with van der Waals surface area (Å²) in [5.41, 5.74) is 3.02. The van der Waals surface area contributed by atoms with Crippen LogP contribution in [-0.4, -0.2) is 24.8 Å². The first-order chi connectivity index (χ1) is 7.55. The van der Waals surface area contributed by atoms with Crippen LogP contribution in [0.2, 0.25) is 0 Å². The Morgan fingerprint density at radius 1 is 1.19 bits per heavy atom. The van der Waals surface area contributed by atoms with Crippen LogP contribution in [0.25, 0.3) is 0 Å². The number of hydrogen-bond acceptors (Lipinski definition) is 2. The van der Waals surface area contributed by atoms with Gasteiger partial charge >= 0.3 is 0 Å². The summed E-state index contributed by atoms with van der Waals surface area (Å²) in [6.45, 7) is 10.5. The summed E-state index contributed by atoms with van der Waals surface area (Å²) in [6, 6.07) is 8.95. The highest BCUT2D eigenvalue weighted by atomic mass is 16.5. The lowest BCUT2D eigenvalue weighted by atomic mass is 9.87. The molecule has 88 valence electrons. The third kappa shape index (κ3) is 2.83. The first-order valence-corrected chi connectivity index (χ1v) is 5.95. The highest BCUT2D eigenvalue weighted by Gasteiger charge is 2.14. The molecule has 0 aliphatic carbocycles. The van der Waals surface area contributed by atoms with Crippen LogP contribution in [0.1, 0.15) is 31.9 Å². The van der Waals surface area contributed by atoms with E-state index in [9.17, 15) is 0 Å². The van der Waals surface area contributed by atoms with E-state index in [1.807, 2.05) is 0 Å². The van der Waals surface area contributed by atoms with Crippen molar-refractivity contribution in [3.63, 3.8) is 0 Å². The molecule has 1 aromatic carbocycles. The summed E-state index contributed by atoms with van der Waals surface area (Å²) in [6.07, 6.45) is 0. The fraction of sp³-hybridized carbons (Fsp3) is 0.571. The number of ether oxygens (including phenoxy) is 1. The lowest BCUT2D eigenvalue weighted by molar-refractivity contribution is 0.137. The number of hydrogen-bond donors (Lipinski definition) is 0. The summed E-state index contributed by atoms with van der Waals surface area (Å²) >= 11 is 0. The second kappa shape index (κ2) is 4.56. The number of benzene rings is 1. The molecule has 2 nitrogen and oxygen atoms in total. The van der Waals surface area contributed by atoms with Crippen LogP contribution >= 0.6 is 0 Å². The van der Waals surface area contributed by atoms with Gasteiger partial charge in [-0.05, 0) is 16.5 Å². The average Bonchev–Trinajstić information content (AvgIpc) is 2.70. The van der Waals surface area contributed by atoms with Gasteiger partial charge in [-0.25, -0.2) is 0 Å². The zero-order valence-corrected chi connectivity index (χ0v) is 10.5. The molecule has 1 aromatic rings. The Labute approximate surface area is 98.2 Å². The van der Waals surface area contributed by atoms with E-state index < -0.39 is 0 Å². The summed E-state index contributed by atoms with van der Waals surface area (Å²) in [4.78, 5) is 2.33. The van der Waals surface area contributed by atoms with Gasteiger partial charge in [0.15, 0.2) is 0 Å². The van der Waals surface area contributed by atoms with Crippen molar-refractivity contribution >= 4 is 0 Å². The van der Waals surface area contributed by atoms with Gasteiger partial charge in [-0.15, -0.1) is 0 Å². The van der Waals surface area contributed by atoms with E-state index in [4.69, 9.17) is 4.74 Å². The summed E-state index contributed by atoms with van der Waals surface area (Å²) in [5, 5.41) is 0. The van der Waals surface area contributed by atoms with E-state index in [2.05, 4.69) is 49.9 Å². The predicted octanol–water partition coefficient (Wildman–Crippen LogP) is 2.77. The first kappa shape index (κ1) is 11.6. The van der Waals surface area contributed by atoms with Gasteiger partial charge in [0, 0.05) is 13.1 Å². The Morgan fingerprint density at radius 2 is 1.88 bits per heavy atom. The number of nitrogens with zero attached hydrogens (tertiary/aromatic N) is 1. The van der Waals surface area contributed by atoms with Crippen molar-refractivity contribution in [2.75, 3.05) is 19.9 Å². The van der Waals surface area contributed by atoms with E-state index >= 15 is 0 Å². The largest absolute Gasteiger partial charge is 0.365 e. The maximum Gasteiger partial charge on any atom is 0.0994 e. The van der Waals surface area contributed by atoms with Gasteiger partial charge in [-0.2, -0.15) is 0 Å². The minimum atomic E-state index is 0.245. The van der Waals surface area contributed by atoms with Crippen molar-refractivity contribution in [3.8, 4) is 0 Å². The van der Waals surface area contributed by atoms with Gasteiger partial charge in [0.05, 0.1) is 13.3 Å². The van der Waals surface area contributed by atoms with Gasteiger partial charge in [0.25, 0.3) is 0 Å². The Hall–Kier alpha value is -0.860. The van der Waals surface area contributed by atoms with Crippen LogP contribution in [0.3, 0.4) is 0 Å². The molecule has 1 aliphatic rings. The zero-order chi connectivity index (χ0) is 11.6. The Kier molecular flexibility index (Phi) is 3.31. The van der Waals surface area contributed by atoms with Crippen LogP contribution < -0.4 is 0 Å². The fourth-order valence-corrected chi connectivity index (χ4v) is 1.94. The van der Waals surface area contributed by atoms with E-state index in [0.29, 0.717) is 0 Å². The van der Waals surface area contributed by atoms with Gasteiger partial charge in [0.2, 0.25) is 0 Å². The third-order valence-electron chi connectivity index (χ3n) is 3.05. The van der Waals surface area contributed by atoms with Gasteiger partial charge < -0.3 is 4.74 Å². The minimum Gasteiger partial charge on any atom is -0.365 e. The highest BCUT2D eigenvalue weighted by molar-refractivity contribution is 5.27. The van der Waals surface area contributed by atoms with Gasteiger partial charge in [-0.3, -0.25) is 4.90 Å². The highest BCUT2D eigenvalue weighted by Crippen LogP contribution is 2.22. The fourth-order valence-electron chi connectivity index (χ4n) is 1.94. The van der Waals surface area contributed by atoms with E-state index in [0.717, 1.165) is 26.4 Å². The lowest BCUT2D eigenvalue weighted by Crippen LogP contribution is -2.19. The Bertz CT molecular complexity index is 331. The van der Waals surface area contributed by atoms with Crippen molar-refractivity contribution in [1.82, 2.24) is 4.90 Å². The lowest BCUT2D eigenvalue weighted by Gasteiger charge is -2.20. The van der Waals surface area contributed by atoms with Crippen LogP contribution in [-0.2, 0) is 16.7 Å². The van der Waals surface area contributed by atoms with Crippen LogP contribution in [0.5, 0.6) is 0 Å². The van der Waals surface area contributed by atoms with Crippen LogP contribution in [0.15, 0.2) is 24.3 Å². The second-order valence-electron chi connectivity index (χ2n) is 5.54. The Morgan fingerprint density at radius 3 is 2.38 bits per heavy atom. The van der Waals surface area contributed by atoms with Crippen molar-refractivity contribution < 1.29 is 4.74 Å². The molecule has 1 saturated heterocycles. The molecule has 0 saturated carbocycles. The first-order valence-electron chi connectivity index (χ1n) is 5.95. The molecule has 1 aliphatic heterocycles. The minimum absolute atomic E-state index is 0.245. The maximum atomic E-state index is 5.33. The van der Waals surface area contributed by atoms with E-state index in [1.165, 1.54) is 11.1 Å². The quantitative estimate of drug-likeness (QED) is 0.758. The molecule has 0 radical (unpaired) electrons. The molecule has 2 heteroatoms. The molecular weight excluding hydrogens is 198 g/mol. The average molecular weight is 219 g/mol. The molecule has 2 rings (SSSR count). The van der Waals surface area contributed by atoms with Crippen molar-refractivity contribution in [2.45, 2.75) is 32.7 Å². The molecule has 0 bridgehead atoms. The second-order valence-corrected chi connectivity index (χ2v) is 5.54. The van der Waals surface area contributed by atoms with Crippen molar-refractivity contribution in [2.24, 2.45) is 0 Å². The smallest absolute Gasteiger partial charge is 0.0994 e. The predicted molar refractivity (Wildman–Crippen MR) is 66.4 cm³/mol.